The van der Waals surface area contributed by atoms with E-state index in [0.717, 1.165) is 6.42 Å². The molecule has 0 bridgehead atoms. The van der Waals surface area contributed by atoms with E-state index in [1.54, 1.807) is 0 Å². The summed E-state index contributed by atoms with van der Waals surface area (Å²) in [5.74, 6) is 0. The summed E-state index contributed by atoms with van der Waals surface area (Å²) in [6, 6.07) is 0. The van der Waals surface area contributed by atoms with Crippen molar-refractivity contribution in [3.63, 3.8) is 0 Å². The van der Waals surface area contributed by atoms with Crippen LogP contribution in [0.5, 0.6) is 0 Å². The van der Waals surface area contributed by atoms with Crippen molar-refractivity contribution in [1.82, 2.24) is 0 Å². The lowest BCUT2D eigenvalue weighted by Gasteiger charge is -2.02. The van der Waals surface area contributed by atoms with Crippen LogP contribution < -0.4 is 0 Å². The Morgan fingerprint density at radius 2 is 1.44 bits per heavy atom. The molecular formula is C16H28. The predicted molar refractivity (Wildman–Crippen MR) is 75.7 cm³/mol. The second-order valence-corrected chi connectivity index (χ2v) is 4.89. The highest BCUT2D eigenvalue weighted by molar-refractivity contribution is 5.05. The first-order valence-electron chi connectivity index (χ1n) is 6.52. The van der Waals surface area contributed by atoms with E-state index in [1.165, 1.54) is 48.8 Å². The Morgan fingerprint density at radius 1 is 0.875 bits per heavy atom. The van der Waals surface area contributed by atoms with Crippen LogP contribution in [0.2, 0.25) is 0 Å². The summed E-state index contributed by atoms with van der Waals surface area (Å²) in [5, 5.41) is 0. The van der Waals surface area contributed by atoms with Gasteiger partial charge in [-0.1, -0.05) is 42.2 Å². The van der Waals surface area contributed by atoms with Crippen LogP contribution >= 0.6 is 0 Å². The largest absolute Gasteiger partial charge is 0.100 e. The maximum Gasteiger partial charge on any atom is -0.0286 e. The van der Waals surface area contributed by atoms with Crippen molar-refractivity contribution < 1.29 is 0 Å². The van der Waals surface area contributed by atoms with Gasteiger partial charge in [0, 0.05) is 0 Å². The van der Waals surface area contributed by atoms with E-state index in [9.17, 15) is 0 Å². The van der Waals surface area contributed by atoms with Gasteiger partial charge in [0.25, 0.3) is 0 Å². The standard InChI is InChI=1S/C16H28/c1-6-7-9-15(4)10-8-11-16(5)13-12-14(2)3/h9,11H,2,6-8,10,12-13H2,1,3-5H3/b15-9+,16-11+. The zero-order valence-corrected chi connectivity index (χ0v) is 11.6. The lowest BCUT2D eigenvalue weighted by atomic mass is 10.0. The molecular weight excluding hydrogens is 192 g/mol. The molecule has 0 radical (unpaired) electrons. The summed E-state index contributed by atoms with van der Waals surface area (Å²) in [6.45, 7) is 12.7. The van der Waals surface area contributed by atoms with Crippen molar-refractivity contribution in [2.24, 2.45) is 0 Å². The number of allylic oxidation sites excluding steroid dienone is 5. The fourth-order valence-corrected chi connectivity index (χ4v) is 1.55. The van der Waals surface area contributed by atoms with Gasteiger partial charge in [-0.15, -0.1) is 6.58 Å². The lowest BCUT2D eigenvalue weighted by Crippen LogP contribution is -1.82. The van der Waals surface area contributed by atoms with E-state index >= 15 is 0 Å². The Hall–Kier alpha value is -0.780. The summed E-state index contributed by atoms with van der Waals surface area (Å²) in [6.07, 6.45) is 11.9. The van der Waals surface area contributed by atoms with Gasteiger partial charge >= 0.3 is 0 Å². The molecule has 0 aliphatic rings. The molecule has 0 saturated heterocycles. The molecule has 0 saturated carbocycles. The van der Waals surface area contributed by atoms with Gasteiger partial charge in [-0.2, -0.15) is 0 Å². The first-order chi connectivity index (χ1) is 7.56. The van der Waals surface area contributed by atoms with Crippen molar-refractivity contribution in [2.45, 2.75) is 66.2 Å². The van der Waals surface area contributed by atoms with Crippen molar-refractivity contribution in [1.29, 1.82) is 0 Å². The molecule has 92 valence electrons. The van der Waals surface area contributed by atoms with E-state index in [-0.39, 0.29) is 0 Å². The van der Waals surface area contributed by atoms with E-state index in [0.29, 0.717) is 0 Å². The van der Waals surface area contributed by atoms with Crippen LogP contribution in [0.3, 0.4) is 0 Å². The third kappa shape index (κ3) is 9.76. The molecule has 0 nitrogen and oxygen atoms in total. The van der Waals surface area contributed by atoms with Crippen molar-refractivity contribution >= 4 is 0 Å². The van der Waals surface area contributed by atoms with Crippen LogP contribution in [-0.4, -0.2) is 0 Å². The molecule has 0 heterocycles. The van der Waals surface area contributed by atoms with Gasteiger partial charge in [-0.3, -0.25) is 0 Å². The average Bonchev–Trinajstić information content (AvgIpc) is 2.23. The molecule has 0 N–H and O–H groups in total. The van der Waals surface area contributed by atoms with E-state index in [1.807, 2.05) is 0 Å². The van der Waals surface area contributed by atoms with Crippen LogP contribution in [-0.2, 0) is 0 Å². The third-order valence-electron chi connectivity index (χ3n) is 2.76. The zero-order valence-electron chi connectivity index (χ0n) is 11.6. The summed E-state index contributed by atoms with van der Waals surface area (Å²) in [5.41, 5.74) is 4.32. The maximum atomic E-state index is 3.93. The Kier molecular flexibility index (Phi) is 8.99. The van der Waals surface area contributed by atoms with E-state index in [2.05, 4.69) is 46.4 Å². The zero-order chi connectivity index (χ0) is 12.4. The van der Waals surface area contributed by atoms with Gasteiger partial charge in [-0.05, 0) is 52.9 Å². The Labute approximate surface area is 102 Å². The highest BCUT2D eigenvalue weighted by Gasteiger charge is 1.92. The summed E-state index contributed by atoms with van der Waals surface area (Å²) in [4.78, 5) is 0. The normalized spacial score (nSPS) is 13.0. The SMILES string of the molecule is C=C(C)CC/C(C)=C/CC/C(C)=C/CCC. The van der Waals surface area contributed by atoms with Crippen LogP contribution in [0.15, 0.2) is 35.5 Å². The molecule has 0 heteroatoms. The minimum absolute atomic E-state index is 1.13. The minimum atomic E-state index is 1.13. The van der Waals surface area contributed by atoms with Gasteiger partial charge < -0.3 is 0 Å². The fourth-order valence-electron chi connectivity index (χ4n) is 1.55. The topological polar surface area (TPSA) is 0 Å². The molecule has 0 amide bonds. The average molecular weight is 220 g/mol. The van der Waals surface area contributed by atoms with Gasteiger partial charge in [-0.25, -0.2) is 0 Å². The molecule has 0 aromatic rings. The number of hydrogen-bond acceptors (Lipinski definition) is 0. The van der Waals surface area contributed by atoms with Gasteiger partial charge in [0.2, 0.25) is 0 Å². The number of rotatable bonds is 8. The molecule has 16 heavy (non-hydrogen) atoms. The summed E-state index contributed by atoms with van der Waals surface area (Å²) < 4.78 is 0. The predicted octanol–water partition coefficient (Wildman–Crippen LogP) is 5.82. The molecule has 0 atom stereocenters. The van der Waals surface area contributed by atoms with Crippen LogP contribution in [0.25, 0.3) is 0 Å². The van der Waals surface area contributed by atoms with Crippen molar-refractivity contribution in [3.05, 3.63) is 35.5 Å². The molecule has 0 rings (SSSR count). The van der Waals surface area contributed by atoms with Gasteiger partial charge in [0.05, 0.1) is 0 Å². The minimum Gasteiger partial charge on any atom is -0.100 e. The Balaban J connectivity index is 3.77. The van der Waals surface area contributed by atoms with Crippen LogP contribution in [0.1, 0.15) is 66.2 Å². The van der Waals surface area contributed by atoms with E-state index < -0.39 is 0 Å². The van der Waals surface area contributed by atoms with Crippen LogP contribution in [0, 0.1) is 0 Å². The van der Waals surface area contributed by atoms with Crippen LogP contribution in [0.4, 0.5) is 0 Å². The first-order valence-corrected chi connectivity index (χ1v) is 6.52. The van der Waals surface area contributed by atoms with Crippen molar-refractivity contribution in [2.75, 3.05) is 0 Å². The third-order valence-corrected chi connectivity index (χ3v) is 2.76. The molecule has 0 fully saturated rings. The summed E-state index contributed by atoms with van der Waals surface area (Å²) >= 11 is 0. The van der Waals surface area contributed by atoms with E-state index in [4.69, 9.17) is 0 Å². The molecule has 0 aliphatic carbocycles. The van der Waals surface area contributed by atoms with Gasteiger partial charge in [0.15, 0.2) is 0 Å². The molecule has 0 unspecified atom stereocenters. The Morgan fingerprint density at radius 3 is 2.00 bits per heavy atom. The molecule has 0 aromatic heterocycles. The summed E-state index contributed by atoms with van der Waals surface area (Å²) in [7, 11) is 0. The lowest BCUT2D eigenvalue weighted by molar-refractivity contribution is 0.885. The molecule has 0 aliphatic heterocycles. The fraction of sp³-hybridized carbons (Fsp3) is 0.625. The second-order valence-electron chi connectivity index (χ2n) is 4.89. The highest BCUT2D eigenvalue weighted by atomic mass is 14.0. The van der Waals surface area contributed by atoms with Gasteiger partial charge in [0.1, 0.15) is 0 Å². The maximum absolute atomic E-state index is 3.93. The molecule has 0 spiro atoms. The second kappa shape index (κ2) is 9.45. The first kappa shape index (κ1) is 15.2. The Bertz CT molecular complexity index is 253. The monoisotopic (exact) mass is 220 g/mol. The molecule has 0 aromatic carbocycles. The van der Waals surface area contributed by atoms with Crippen molar-refractivity contribution in [3.8, 4) is 0 Å². The highest BCUT2D eigenvalue weighted by Crippen LogP contribution is 2.13. The smallest absolute Gasteiger partial charge is 0.0286 e. The number of hydrogen-bond donors (Lipinski definition) is 0. The quantitative estimate of drug-likeness (QED) is 0.452. The number of unbranched alkanes of at least 4 members (excludes halogenated alkanes) is 1.